The minimum Gasteiger partial charge on any atom is -0.598 e. The molecule has 0 radical (unpaired) electrons. The van der Waals surface area contributed by atoms with Gasteiger partial charge in [0.05, 0.1) is 23.4 Å². The Morgan fingerprint density at radius 3 is 2.45 bits per heavy atom. The van der Waals surface area contributed by atoms with Gasteiger partial charge in [0.1, 0.15) is 22.1 Å². The van der Waals surface area contributed by atoms with Gasteiger partial charge in [-0.05, 0) is 99.2 Å². The van der Waals surface area contributed by atoms with Crippen LogP contribution < -0.4 is 15.4 Å². The van der Waals surface area contributed by atoms with E-state index in [0.717, 1.165) is 23.7 Å². The molecular formula is C35H39BrFN5O4S. The van der Waals surface area contributed by atoms with Crippen molar-refractivity contribution in [2.75, 3.05) is 17.2 Å². The summed E-state index contributed by atoms with van der Waals surface area (Å²) in [6.45, 7) is 5.51. The minimum absolute atomic E-state index is 0.0146. The monoisotopic (exact) mass is 723 g/mol. The number of hydrogen-bond acceptors (Lipinski definition) is 6. The lowest BCUT2D eigenvalue weighted by atomic mass is 9.79. The highest BCUT2D eigenvalue weighted by Gasteiger charge is 2.44. The fraction of sp³-hybridized carbons (Fsp3) is 0.400. The predicted molar refractivity (Wildman–Crippen MR) is 184 cm³/mol. The van der Waals surface area contributed by atoms with Crippen molar-refractivity contribution in [1.82, 2.24) is 9.62 Å². The van der Waals surface area contributed by atoms with Crippen LogP contribution in [0.4, 0.5) is 20.6 Å². The highest BCUT2D eigenvalue weighted by molar-refractivity contribution is 9.10. The van der Waals surface area contributed by atoms with Gasteiger partial charge < -0.3 is 25.2 Å². The van der Waals surface area contributed by atoms with E-state index >= 15 is 4.39 Å². The molecule has 47 heavy (non-hydrogen) atoms. The SMILES string of the molecule is CC(C)(C)[S+]([O-])N[C@](CCC1CC1)(c1cccc(C#N)c1)c1ccc(F)c(NC(=O)[C@H]2C[C@@H](O)CN2C(=O)Nc2ccc(Br)cc2)c1. The predicted octanol–water partition coefficient (Wildman–Crippen LogP) is 6.55. The third kappa shape index (κ3) is 8.34. The average molecular weight is 725 g/mol. The lowest BCUT2D eigenvalue weighted by Gasteiger charge is -2.39. The third-order valence-electron chi connectivity index (χ3n) is 8.59. The average Bonchev–Trinajstić information content (AvgIpc) is 3.79. The number of β-amino-alcohol motifs (C(OH)–C–C–N with tert-alkyl or cyclic N) is 1. The zero-order valence-corrected chi connectivity index (χ0v) is 29.0. The molecule has 3 amide bonds. The Morgan fingerprint density at radius 1 is 1.09 bits per heavy atom. The van der Waals surface area contributed by atoms with Gasteiger partial charge in [-0.3, -0.25) is 4.79 Å². The topological polar surface area (TPSA) is 141 Å². The summed E-state index contributed by atoms with van der Waals surface area (Å²) in [6, 6.07) is 19.0. The number of nitriles is 1. The number of amides is 3. The number of aliphatic hydroxyl groups excluding tert-OH is 1. The van der Waals surface area contributed by atoms with Crippen LogP contribution in [0.15, 0.2) is 71.2 Å². The second-order valence-corrected chi connectivity index (χ2v) is 16.1. The summed E-state index contributed by atoms with van der Waals surface area (Å²) in [5.41, 5.74) is 1.02. The Hall–Kier alpha value is -3.47. The van der Waals surface area contributed by atoms with Gasteiger partial charge >= 0.3 is 6.03 Å². The van der Waals surface area contributed by atoms with E-state index < -0.39 is 51.5 Å². The van der Waals surface area contributed by atoms with Crippen molar-refractivity contribution in [3.8, 4) is 6.07 Å². The molecular weight excluding hydrogens is 685 g/mol. The summed E-state index contributed by atoms with van der Waals surface area (Å²) in [7, 11) is 0. The number of nitrogens with one attached hydrogen (secondary N) is 3. The Labute approximate surface area is 286 Å². The maximum atomic E-state index is 15.5. The van der Waals surface area contributed by atoms with Crippen molar-refractivity contribution in [3.05, 3.63) is 93.7 Å². The Morgan fingerprint density at radius 2 is 1.79 bits per heavy atom. The first-order chi connectivity index (χ1) is 22.3. The number of carbonyl (C=O) groups is 2. The molecule has 1 saturated carbocycles. The number of nitrogens with zero attached hydrogens (tertiary/aromatic N) is 2. The molecule has 4 atom stereocenters. The molecule has 1 saturated heterocycles. The van der Waals surface area contributed by atoms with Crippen LogP contribution in [0.1, 0.15) is 69.6 Å². The van der Waals surface area contributed by atoms with Crippen LogP contribution in [0.3, 0.4) is 0 Å². The van der Waals surface area contributed by atoms with Gasteiger partial charge in [-0.1, -0.05) is 47.0 Å². The van der Waals surface area contributed by atoms with Crippen LogP contribution in [0.5, 0.6) is 0 Å². The highest BCUT2D eigenvalue weighted by Crippen LogP contribution is 2.43. The van der Waals surface area contributed by atoms with Crippen molar-refractivity contribution < 1.29 is 23.6 Å². The number of benzene rings is 3. The number of hydrogen-bond donors (Lipinski definition) is 4. The van der Waals surface area contributed by atoms with E-state index in [2.05, 4.69) is 37.4 Å². The van der Waals surface area contributed by atoms with Gasteiger partial charge in [-0.2, -0.15) is 5.26 Å². The minimum atomic E-state index is -1.56. The van der Waals surface area contributed by atoms with Gasteiger partial charge in [-0.15, -0.1) is 4.72 Å². The molecule has 0 bridgehead atoms. The van der Waals surface area contributed by atoms with Crippen LogP contribution in [-0.4, -0.2) is 49.9 Å². The van der Waals surface area contributed by atoms with E-state index in [-0.39, 0.29) is 18.7 Å². The standard InChI is InChI=1S/C35H39BrFN5O4S/c1-34(2,3)47(46)41-35(16-15-22-7-8-22,24-6-4-5-23(17-24)20-38)25-9-14-29(37)30(18-25)40-32(44)31-19-28(43)21-42(31)33(45)39-27-12-10-26(36)11-13-27/h4-6,9-14,17-18,22,28,31,41,43H,7-8,15-16,19,21H2,1-3H3,(H,39,45)(H,40,44)/t28-,31-,35-,47?/m1/s1. The summed E-state index contributed by atoms with van der Waals surface area (Å²) in [5, 5.41) is 25.6. The van der Waals surface area contributed by atoms with Crippen LogP contribution >= 0.6 is 15.9 Å². The largest absolute Gasteiger partial charge is 0.598 e. The first-order valence-corrected chi connectivity index (χ1v) is 17.6. The molecule has 1 unspecified atom stereocenters. The number of halogens is 2. The van der Waals surface area contributed by atoms with Gasteiger partial charge in [0.15, 0.2) is 0 Å². The van der Waals surface area contributed by atoms with Crippen molar-refractivity contribution in [2.24, 2.45) is 5.92 Å². The molecule has 0 aromatic heterocycles. The van der Waals surface area contributed by atoms with Crippen LogP contribution in [0, 0.1) is 23.1 Å². The number of aliphatic hydroxyl groups is 1. The molecule has 4 N–H and O–H groups in total. The Bertz CT molecular complexity index is 1660. The zero-order valence-electron chi connectivity index (χ0n) is 26.6. The van der Waals surface area contributed by atoms with Crippen LogP contribution in [-0.2, 0) is 21.7 Å². The molecule has 3 aromatic rings. The summed E-state index contributed by atoms with van der Waals surface area (Å²) in [5.74, 6) is -0.823. The fourth-order valence-electron chi connectivity index (χ4n) is 5.73. The van der Waals surface area contributed by atoms with Crippen LogP contribution in [0.25, 0.3) is 0 Å². The Balaban J connectivity index is 1.48. The lowest BCUT2D eigenvalue weighted by Crippen LogP contribution is -2.52. The molecule has 12 heteroatoms. The van der Waals surface area contributed by atoms with Crippen molar-refractivity contribution in [2.45, 2.75) is 75.3 Å². The maximum absolute atomic E-state index is 15.5. The normalized spacial score (nSPS) is 19.8. The Kier molecular flexibility index (Phi) is 10.6. The first-order valence-electron chi connectivity index (χ1n) is 15.6. The molecule has 1 heterocycles. The summed E-state index contributed by atoms with van der Waals surface area (Å²) >= 11 is 1.79. The molecule has 0 spiro atoms. The highest BCUT2D eigenvalue weighted by atomic mass is 79.9. The second kappa shape index (κ2) is 14.3. The molecule has 3 aromatic carbocycles. The second-order valence-electron chi connectivity index (χ2n) is 13.2. The lowest BCUT2D eigenvalue weighted by molar-refractivity contribution is -0.119. The number of anilines is 2. The summed E-state index contributed by atoms with van der Waals surface area (Å²) < 4.78 is 32.8. The zero-order chi connectivity index (χ0) is 33.9. The molecule has 2 fully saturated rings. The molecule has 1 aliphatic heterocycles. The van der Waals surface area contributed by atoms with E-state index in [9.17, 15) is 24.5 Å². The van der Waals surface area contributed by atoms with Crippen molar-refractivity contribution >= 4 is 50.6 Å². The van der Waals surface area contributed by atoms with Crippen LogP contribution in [0.2, 0.25) is 0 Å². The maximum Gasteiger partial charge on any atom is 0.322 e. The fourth-order valence-corrected chi connectivity index (χ4v) is 6.96. The van der Waals surface area contributed by atoms with E-state index in [1.165, 1.54) is 17.0 Å². The number of rotatable bonds is 10. The van der Waals surface area contributed by atoms with Gasteiger partial charge in [0.25, 0.3) is 0 Å². The smallest absolute Gasteiger partial charge is 0.322 e. The van der Waals surface area contributed by atoms with E-state index in [1.54, 1.807) is 48.5 Å². The number of urea groups is 1. The first kappa shape index (κ1) is 34.9. The molecule has 9 nitrogen and oxygen atoms in total. The molecule has 2 aliphatic rings. The molecule has 248 valence electrons. The summed E-state index contributed by atoms with van der Waals surface area (Å²) in [4.78, 5) is 28.1. The van der Waals surface area contributed by atoms with E-state index in [4.69, 9.17) is 0 Å². The quantitative estimate of drug-likeness (QED) is 0.175. The van der Waals surface area contributed by atoms with Gasteiger partial charge in [0.2, 0.25) is 5.91 Å². The molecule has 5 rings (SSSR count). The van der Waals surface area contributed by atoms with Crippen molar-refractivity contribution in [1.29, 1.82) is 5.26 Å². The van der Waals surface area contributed by atoms with E-state index in [0.29, 0.717) is 34.7 Å². The number of carbonyl (C=O) groups excluding carboxylic acids is 2. The molecule has 1 aliphatic carbocycles. The van der Waals surface area contributed by atoms with Gasteiger partial charge in [0, 0.05) is 34.5 Å². The summed E-state index contributed by atoms with van der Waals surface area (Å²) in [6.07, 6.45) is 2.58. The van der Waals surface area contributed by atoms with Crippen molar-refractivity contribution in [3.63, 3.8) is 0 Å². The van der Waals surface area contributed by atoms with E-state index in [1.807, 2.05) is 26.8 Å². The third-order valence-corrected chi connectivity index (χ3v) is 10.8. The number of likely N-dealkylation sites (tertiary alicyclic amines) is 1. The van der Waals surface area contributed by atoms with Gasteiger partial charge in [-0.25, -0.2) is 9.18 Å².